The van der Waals surface area contributed by atoms with Gasteiger partial charge in [-0.15, -0.1) is 0 Å². The van der Waals surface area contributed by atoms with Crippen molar-refractivity contribution in [2.75, 3.05) is 25.0 Å². The summed E-state index contributed by atoms with van der Waals surface area (Å²) >= 11 is 1.50. The third-order valence-electron chi connectivity index (χ3n) is 5.61. The van der Waals surface area contributed by atoms with Crippen LogP contribution in [0.1, 0.15) is 30.9 Å². The lowest BCUT2D eigenvalue weighted by molar-refractivity contribution is -0.122. The first kappa shape index (κ1) is 20.5. The van der Waals surface area contributed by atoms with Gasteiger partial charge in [0.05, 0.1) is 22.3 Å². The Bertz CT molecular complexity index is 1060. The number of hydrogen-bond acceptors (Lipinski definition) is 5. The molecule has 0 spiro atoms. The van der Waals surface area contributed by atoms with Crippen LogP contribution in [0, 0.1) is 6.92 Å². The van der Waals surface area contributed by atoms with Gasteiger partial charge in [-0.25, -0.2) is 4.98 Å². The van der Waals surface area contributed by atoms with Gasteiger partial charge in [-0.1, -0.05) is 47.7 Å². The molecule has 1 aliphatic rings. The summed E-state index contributed by atoms with van der Waals surface area (Å²) in [7, 11) is 0. The van der Waals surface area contributed by atoms with E-state index >= 15 is 0 Å². The van der Waals surface area contributed by atoms with Crippen LogP contribution >= 0.6 is 11.3 Å². The molecule has 0 unspecified atom stereocenters. The smallest absolute Gasteiger partial charge is 0.240 e. The van der Waals surface area contributed by atoms with Crippen LogP contribution in [0.2, 0.25) is 0 Å². The van der Waals surface area contributed by atoms with E-state index in [1.165, 1.54) is 16.9 Å². The number of nitrogens with one attached hydrogen (secondary N) is 2. The lowest BCUT2D eigenvalue weighted by Crippen LogP contribution is -2.53. The fourth-order valence-electron chi connectivity index (χ4n) is 4.12. The standard InChI is InChI=1S/C23H26N4O2S/c1-16-8-9-19-20(14-16)30-22(24-19)25-21(29)15-27-12-10-23(11-13-27,26-17(2)28)18-6-4-3-5-7-18/h3-9,14H,10-13,15H2,1-2H3,(H,26,28)(H,24,25,29). The Morgan fingerprint density at radius 2 is 1.87 bits per heavy atom. The van der Waals surface area contributed by atoms with Crippen LogP contribution in [0.4, 0.5) is 5.13 Å². The number of nitrogens with zero attached hydrogens (tertiary/aromatic N) is 2. The zero-order chi connectivity index (χ0) is 21.1. The summed E-state index contributed by atoms with van der Waals surface area (Å²) in [5, 5.41) is 6.74. The molecule has 30 heavy (non-hydrogen) atoms. The molecule has 1 aromatic heterocycles. The van der Waals surface area contributed by atoms with Crippen LogP contribution in [-0.4, -0.2) is 41.3 Å². The maximum atomic E-state index is 12.6. The second-order valence-corrected chi connectivity index (χ2v) is 8.97. The highest BCUT2D eigenvalue weighted by atomic mass is 32.1. The number of aryl methyl sites for hydroxylation is 1. The van der Waals surface area contributed by atoms with Gasteiger partial charge in [0.25, 0.3) is 0 Å². The van der Waals surface area contributed by atoms with Crippen molar-refractivity contribution in [2.24, 2.45) is 0 Å². The highest BCUT2D eigenvalue weighted by molar-refractivity contribution is 7.22. The fourth-order valence-corrected chi connectivity index (χ4v) is 5.10. The summed E-state index contributed by atoms with van der Waals surface area (Å²) < 4.78 is 1.08. The molecule has 3 aromatic rings. The van der Waals surface area contributed by atoms with Crippen molar-refractivity contribution in [2.45, 2.75) is 32.2 Å². The van der Waals surface area contributed by atoms with E-state index in [9.17, 15) is 9.59 Å². The van der Waals surface area contributed by atoms with Gasteiger partial charge < -0.3 is 10.6 Å². The highest BCUT2D eigenvalue weighted by Gasteiger charge is 2.37. The van der Waals surface area contributed by atoms with E-state index in [0.717, 1.165) is 41.7 Å². The number of carbonyl (C=O) groups is 2. The van der Waals surface area contributed by atoms with Crippen molar-refractivity contribution < 1.29 is 9.59 Å². The molecule has 4 rings (SSSR count). The van der Waals surface area contributed by atoms with Gasteiger partial charge in [-0.05, 0) is 43.0 Å². The summed E-state index contributed by atoms with van der Waals surface area (Å²) in [5.74, 6) is -0.0892. The van der Waals surface area contributed by atoms with Gasteiger partial charge in [-0.3, -0.25) is 14.5 Å². The summed E-state index contributed by atoms with van der Waals surface area (Å²) in [6.45, 7) is 5.40. The molecule has 0 aliphatic carbocycles. The van der Waals surface area contributed by atoms with Crippen LogP contribution in [0.15, 0.2) is 48.5 Å². The molecule has 1 aliphatic heterocycles. The predicted molar refractivity (Wildman–Crippen MR) is 121 cm³/mol. The summed E-state index contributed by atoms with van der Waals surface area (Å²) in [4.78, 5) is 31.1. The van der Waals surface area contributed by atoms with E-state index in [2.05, 4.69) is 38.7 Å². The van der Waals surface area contributed by atoms with Crippen molar-refractivity contribution in [3.8, 4) is 0 Å². The minimum atomic E-state index is -0.370. The van der Waals surface area contributed by atoms with Crippen molar-refractivity contribution in [3.63, 3.8) is 0 Å². The molecule has 2 aromatic carbocycles. The second kappa shape index (κ2) is 8.53. The van der Waals surface area contributed by atoms with E-state index < -0.39 is 0 Å². The zero-order valence-corrected chi connectivity index (χ0v) is 18.1. The van der Waals surface area contributed by atoms with Crippen LogP contribution in [0.25, 0.3) is 10.2 Å². The average molecular weight is 423 g/mol. The molecule has 7 heteroatoms. The Labute approximate surface area is 180 Å². The second-order valence-electron chi connectivity index (χ2n) is 7.94. The van der Waals surface area contributed by atoms with Gasteiger partial charge in [0.2, 0.25) is 11.8 Å². The Kier molecular flexibility index (Phi) is 5.83. The number of aromatic nitrogens is 1. The number of anilines is 1. The van der Waals surface area contributed by atoms with Crippen LogP contribution in [-0.2, 0) is 15.1 Å². The maximum absolute atomic E-state index is 12.6. The predicted octanol–water partition coefficient (Wildman–Crippen LogP) is 3.67. The molecule has 0 atom stereocenters. The number of benzene rings is 2. The Balaban J connectivity index is 1.38. The number of rotatable bonds is 5. The molecule has 1 saturated heterocycles. The van der Waals surface area contributed by atoms with Gasteiger partial charge in [0.15, 0.2) is 5.13 Å². The molecule has 6 nitrogen and oxygen atoms in total. The van der Waals surface area contributed by atoms with Crippen LogP contribution in [0.3, 0.4) is 0 Å². The van der Waals surface area contributed by atoms with Crippen LogP contribution < -0.4 is 10.6 Å². The van der Waals surface area contributed by atoms with E-state index in [1.54, 1.807) is 6.92 Å². The SMILES string of the molecule is CC(=O)NC1(c2ccccc2)CCN(CC(=O)Nc2nc3ccc(C)cc3s2)CC1. The molecule has 1 fully saturated rings. The molecule has 2 heterocycles. The monoisotopic (exact) mass is 422 g/mol. The molecule has 0 bridgehead atoms. The summed E-state index contributed by atoms with van der Waals surface area (Å²) in [6, 6.07) is 16.2. The molecular weight excluding hydrogens is 396 g/mol. The third kappa shape index (κ3) is 4.52. The minimum Gasteiger partial charge on any atom is -0.347 e. The summed E-state index contributed by atoms with van der Waals surface area (Å²) in [5.41, 5.74) is 2.83. The first-order valence-corrected chi connectivity index (χ1v) is 11.0. The fraction of sp³-hybridized carbons (Fsp3) is 0.348. The number of hydrogen-bond donors (Lipinski definition) is 2. The van der Waals surface area contributed by atoms with E-state index in [4.69, 9.17) is 0 Å². The Morgan fingerprint density at radius 1 is 1.13 bits per heavy atom. The molecule has 2 amide bonds. The van der Waals surface area contributed by atoms with Gasteiger partial charge in [0, 0.05) is 20.0 Å². The van der Waals surface area contributed by atoms with E-state index in [0.29, 0.717) is 11.7 Å². The van der Waals surface area contributed by atoms with Gasteiger partial charge in [-0.2, -0.15) is 0 Å². The molecule has 0 saturated carbocycles. The number of carbonyl (C=O) groups excluding carboxylic acids is 2. The number of fused-ring (bicyclic) bond motifs is 1. The minimum absolute atomic E-state index is 0.0314. The van der Waals surface area contributed by atoms with Crippen molar-refractivity contribution in [1.82, 2.24) is 15.2 Å². The maximum Gasteiger partial charge on any atom is 0.240 e. The Morgan fingerprint density at radius 3 is 2.57 bits per heavy atom. The molecular formula is C23H26N4O2S. The molecule has 0 radical (unpaired) electrons. The summed E-state index contributed by atoms with van der Waals surface area (Å²) in [6.07, 6.45) is 1.54. The largest absolute Gasteiger partial charge is 0.347 e. The average Bonchev–Trinajstić information content (AvgIpc) is 3.11. The lowest BCUT2D eigenvalue weighted by Gasteiger charge is -2.42. The number of thiazole rings is 1. The van der Waals surface area contributed by atoms with Crippen molar-refractivity contribution in [1.29, 1.82) is 0 Å². The highest BCUT2D eigenvalue weighted by Crippen LogP contribution is 2.33. The Hall–Kier alpha value is -2.77. The number of amides is 2. The van der Waals surface area contributed by atoms with Gasteiger partial charge >= 0.3 is 0 Å². The van der Waals surface area contributed by atoms with Crippen molar-refractivity contribution in [3.05, 3.63) is 59.7 Å². The normalized spacial score (nSPS) is 16.3. The third-order valence-corrected chi connectivity index (χ3v) is 6.54. The van der Waals surface area contributed by atoms with Crippen LogP contribution in [0.5, 0.6) is 0 Å². The van der Waals surface area contributed by atoms with E-state index in [-0.39, 0.29) is 17.4 Å². The first-order valence-electron chi connectivity index (χ1n) is 10.2. The molecule has 156 valence electrons. The number of piperidine rings is 1. The number of likely N-dealkylation sites (tertiary alicyclic amines) is 1. The topological polar surface area (TPSA) is 74.3 Å². The van der Waals surface area contributed by atoms with E-state index in [1.807, 2.05) is 37.3 Å². The first-order chi connectivity index (χ1) is 14.4. The lowest BCUT2D eigenvalue weighted by atomic mass is 9.80. The zero-order valence-electron chi connectivity index (χ0n) is 17.3. The van der Waals surface area contributed by atoms with Crippen molar-refractivity contribution >= 4 is 38.5 Å². The van der Waals surface area contributed by atoms with Gasteiger partial charge in [0.1, 0.15) is 0 Å². The molecule has 2 N–H and O–H groups in total. The quantitative estimate of drug-likeness (QED) is 0.658.